The summed E-state index contributed by atoms with van der Waals surface area (Å²) in [5.74, 6) is 0.427. The fraction of sp³-hybridized carbons (Fsp3) is 0.500. The molecule has 0 aliphatic carbocycles. The maximum Gasteiger partial charge on any atom is 0.319 e. The van der Waals surface area contributed by atoms with Gasteiger partial charge in [-0.3, -0.25) is 4.21 Å². The van der Waals surface area contributed by atoms with E-state index in [1.165, 1.54) is 0 Å². The Balaban J connectivity index is 2.76. The quantitative estimate of drug-likeness (QED) is 0.770. The highest BCUT2D eigenvalue weighted by Gasteiger charge is 2.14. The van der Waals surface area contributed by atoms with Crippen LogP contribution in [0.2, 0.25) is 5.02 Å². The van der Waals surface area contributed by atoms with Gasteiger partial charge in [-0.2, -0.15) is 0 Å². The van der Waals surface area contributed by atoms with Gasteiger partial charge in [0.15, 0.2) is 0 Å². The minimum Gasteiger partial charge on any atom is -0.334 e. The van der Waals surface area contributed by atoms with Gasteiger partial charge >= 0.3 is 6.03 Å². The smallest absolute Gasteiger partial charge is 0.319 e. The lowest BCUT2D eigenvalue weighted by atomic mass is 10.3. The Morgan fingerprint density at radius 3 is 2.62 bits per heavy atom. The van der Waals surface area contributed by atoms with E-state index < -0.39 is 10.8 Å². The van der Waals surface area contributed by atoms with Crippen molar-refractivity contribution in [1.29, 1.82) is 0 Å². The zero-order chi connectivity index (χ0) is 16.0. The largest absolute Gasteiger partial charge is 0.334 e. The second-order valence-corrected chi connectivity index (χ2v) is 8.50. The van der Waals surface area contributed by atoms with Gasteiger partial charge in [-0.15, -0.1) is 11.8 Å². The summed E-state index contributed by atoms with van der Waals surface area (Å²) in [6.07, 6.45) is 1.62. The molecular weight excluding hydrogens is 328 g/mol. The van der Waals surface area contributed by atoms with E-state index in [0.717, 1.165) is 4.90 Å². The van der Waals surface area contributed by atoms with Crippen molar-refractivity contribution in [2.24, 2.45) is 0 Å². The molecule has 0 heterocycles. The van der Waals surface area contributed by atoms with E-state index in [1.807, 2.05) is 13.0 Å². The fourth-order valence-electron chi connectivity index (χ4n) is 1.74. The lowest BCUT2D eigenvalue weighted by Crippen LogP contribution is -2.39. The van der Waals surface area contributed by atoms with Crippen LogP contribution in [0.4, 0.5) is 10.5 Å². The van der Waals surface area contributed by atoms with Crippen LogP contribution in [0.5, 0.6) is 0 Å². The van der Waals surface area contributed by atoms with Crippen LogP contribution in [0.25, 0.3) is 0 Å². The SMILES string of the molecule is CC(C)Sc1c(Cl)cccc1NC(=O)N[C@H](C)C[S@@](C)=O. The van der Waals surface area contributed by atoms with Gasteiger partial charge in [0.25, 0.3) is 0 Å². The number of hydrogen-bond acceptors (Lipinski definition) is 3. The van der Waals surface area contributed by atoms with Gasteiger partial charge in [-0.05, 0) is 19.1 Å². The second-order valence-electron chi connectivity index (χ2n) is 5.02. The maximum atomic E-state index is 12.0. The summed E-state index contributed by atoms with van der Waals surface area (Å²) in [7, 11) is -0.942. The third-order valence-corrected chi connectivity index (χ3v) is 4.97. The summed E-state index contributed by atoms with van der Waals surface area (Å²) in [4.78, 5) is 12.8. The highest BCUT2D eigenvalue weighted by molar-refractivity contribution is 8.00. The summed E-state index contributed by atoms with van der Waals surface area (Å²) < 4.78 is 11.1. The molecule has 0 saturated heterocycles. The third-order valence-electron chi connectivity index (χ3n) is 2.43. The van der Waals surface area contributed by atoms with E-state index in [2.05, 4.69) is 24.5 Å². The molecule has 0 saturated carbocycles. The van der Waals surface area contributed by atoms with Crippen LogP contribution in [0.3, 0.4) is 0 Å². The molecule has 2 N–H and O–H groups in total. The highest BCUT2D eigenvalue weighted by Crippen LogP contribution is 2.36. The van der Waals surface area contributed by atoms with Gasteiger partial charge in [0.2, 0.25) is 0 Å². The lowest BCUT2D eigenvalue weighted by molar-refractivity contribution is 0.250. The summed E-state index contributed by atoms with van der Waals surface area (Å²) in [5, 5.41) is 6.55. The highest BCUT2D eigenvalue weighted by atomic mass is 35.5. The number of hydrogen-bond donors (Lipinski definition) is 2. The summed E-state index contributed by atoms with van der Waals surface area (Å²) in [6.45, 7) is 5.95. The van der Waals surface area contributed by atoms with E-state index in [-0.39, 0.29) is 12.1 Å². The molecule has 4 nitrogen and oxygen atoms in total. The van der Waals surface area contributed by atoms with E-state index in [0.29, 0.717) is 21.7 Å². The van der Waals surface area contributed by atoms with Gasteiger partial charge in [0.05, 0.1) is 10.7 Å². The minimum atomic E-state index is -0.942. The molecule has 0 radical (unpaired) electrons. The second kappa shape index (κ2) is 8.66. The topological polar surface area (TPSA) is 58.2 Å². The Kier molecular flexibility index (Phi) is 7.56. The van der Waals surface area contributed by atoms with E-state index in [4.69, 9.17) is 11.6 Å². The Labute approximate surface area is 137 Å². The van der Waals surface area contributed by atoms with Crippen LogP contribution in [0, 0.1) is 0 Å². The molecular formula is C14H21ClN2O2S2. The molecule has 0 unspecified atom stereocenters. The Morgan fingerprint density at radius 2 is 2.05 bits per heavy atom. The first kappa shape index (κ1) is 18.3. The number of amides is 2. The molecule has 0 aliphatic heterocycles. The summed E-state index contributed by atoms with van der Waals surface area (Å²) in [5.41, 5.74) is 0.684. The molecule has 0 aliphatic rings. The molecule has 1 aromatic rings. The number of carbonyl (C=O) groups excluding carboxylic acids is 1. The van der Waals surface area contributed by atoms with Crippen LogP contribution in [-0.4, -0.2) is 33.5 Å². The molecule has 0 fully saturated rings. The summed E-state index contributed by atoms with van der Waals surface area (Å²) >= 11 is 7.80. The summed E-state index contributed by atoms with van der Waals surface area (Å²) in [6, 6.07) is 4.95. The first-order valence-corrected chi connectivity index (χ1v) is 9.60. The van der Waals surface area contributed by atoms with Crippen molar-refractivity contribution < 1.29 is 9.00 Å². The van der Waals surface area contributed by atoms with Crippen LogP contribution >= 0.6 is 23.4 Å². The average molecular weight is 349 g/mol. The van der Waals surface area contributed by atoms with Crippen molar-refractivity contribution in [3.63, 3.8) is 0 Å². The van der Waals surface area contributed by atoms with Crippen molar-refractivity contribution in [3.05, 3.63) is 23.2 Å². The van der Waals surface area contributed by atoms with Crippen LogP contribution in [-0.2, 0) is 10.8 Å². The molecule has 1 aromatic carbocycles. The molecule has 2 atom stereocenters. The monoisotopic (exact) mass is 348 g/mol. The normalized spacial score (nSPS) is 13.8. The van der Waals surface area contributed by atoms with Gasteiger partial charge < -0.3 is 10.6 Å². The van der Waals surface area contributed by atoms with E-state index in [9.17, 15) is 9.00 Å². The van der Waals surface area contributed by atoms with E-state index >= 15 is 0 Å². The van der Waals surface area contributed by atoms with Crippen molar-refractivity contribution >= 4 is 45.9 Å². The number of thioether (sulfide) groups is 1. The van der Waals surface area contributed by atoms with Crippen LogP contribution in [0.1, 0.15) is 20.8 Å². The average Bonchev–Trinajstić information content (AvgIpc) is 2.31. The maximum absolute atomic E-state index is 12.0. The number of carbonyl (C=O) groups is 1. The van der Waals surface area contributed by atoms with Crippen molar-refractivity contribution in [3.8, 4) is 0 Å². The molecule has 21 heavy (non-hydrogen) atoms. The lowest BCUT2D eigenvalue weighted by Gasteiger charge is -2.16. The first-order valence-electron chi connectivity index (χ1n) is 6.62. The zero-order valence-electron chi connectivity index (χ0n) is 12.6. The van der Waals surface area contributed by atoms with Crippen LogP contribution in [0.15, 0.2) is 23.1 Å². The minimum absolute atomic E-state index is 0.156. The fourth-order valence-corrected chi connectivity index (χ4v) is 3.73. The standard InChI is InChI=1S/C14H21ClN2O2S2/c1-9(2)20-13-11(15)6-5-7-12(13)17-14(18)16-10(3)8-21(4)19/h5-7,9-10H,8H2,1-4H3,(H2,16,17,18)/t10-,21-/m1/s1. The van der Waals surface area contributed by atoms with Crippen molar-refractivity contribution in [2.45, 2.75) is 37.0 Å². The molecule has 0 spiro atoms. The predicted octanol–water partition coefficient (Wildman–Crippen LogP) is 3.73. The van der Waals surface area contributed by atoms with Gasteiger partial charge in [0.1, 0.15) is 0 Å². The zero-order valence-corrected chi connectivity index (χ0v) is 15.0. The molecule has 0 bridgehead atoms. The van der Waals surface area contributed by atoms with E-state index in [1.54, 1.807) is 30.2 Å². The Bertz CT molecular complexity index is 524. The predicted molar refractivity (Wildman–Crippen MR) is 93.0 cm³/mol. The molecule has 7 heteroatoms. The van der Waals surface area contributed by atoms with Crippen molar-refractivity contribution in [1.82, 2.24) is 5.32 Å². The Morgan fingerprint density at radius 1 is 1.38 bits per heavy atom. The van der Waals surface area contributed by atoms with Gasteiger partial charge in [-0.1, -0.05) is 31.5 Å². The molecule has 2 amide bonds. The third kappa shape index (κ3) is 6.72. The van der Waals surface area contributed by atoms with Crippen molar-refractivity contribution in [2.75, 3.05) is 17.3 Å². The number of rotatable bonds is 6. The number of urea groups is 1. The van der Waals surface area contributed by atoms with Crippen LogP contribution < -0.4 is 10.6 Å². The molecule has 118 valence electrons. The molecule has 0 aromatic heterocycles. The van der Waals surface area contributed by atoms with Gasteiger partial charge in [-0.25, -0.2) is 4.79 Å². The first-order chi connectivity index (χ1) is 9.79. The Hall–Kier alpha value is -0.720. The molecule has 1 rings (SSSR count). The number of benzene rings is 1. The van der Waals surface area contributed by atoms with Gasteiger partial charge in [0, 0.05) is 39.0 Å². The number of anilines is 1. The number of halogens is 1. The number of nitrogens with one attached hydrogen (secondary N) is 2.